The Morgan fingerprint density at radius 3 is 2.93 bits per heavy atom. The second kappa shape index (κ2) is 4.23. The van der Waals surface area contributed by atoms with Gasteiger partial charge < -0.3 is 5.32 Å². The molecule has 0 aliphatic carbocycles. The van der Waals surface area contributed by atoms with Gasteiger partial charge >= 0.3 is 0 Å². The largest absolute Gasteiger partial charge is 0.353 e. The Labute approximate surface area is 94.6 Å². The summed E-state index contributed by atoms with van der Waals surface area (Å²) in [6, 6.07) is 6.22. The molecule has 2 rings (SSSR count). The molecule has 1 heterocycles. The van der Waals surface area contributed by atoms with E-state index < -0.39 is 0 Å². The molecule has 1 N–H and O–H groups in total. The Hall–Kier alpha value is -1.02. The van der Waals surface area contributed by atoms with Gasteiger partial charge in [0.2, 0.25) is 5.91 Å². The summed E-state index contributed by atoms with van der Waals surface area (Å²) in [4.78, 5) is 11.1. The van der Waals surface area contributed by atoms with Crippen molar-refractivity contribution in [3.63, 3.8) is 0 Å². The smallest absolute Gasteiger partial charge is 0.220 e. The molecule has 0 saturated carbocycles. The third kappa shape index (κ3) is 2.51. The van der Waals surface area contributed by atoms with Crippen molar-refractivity contribution in [3.05, 3.63) is 34.3 Å². The number of rotatable bonds is 2. The van der Waals surface area contributed by atoms with Crippen LogP contribution in [0.2, 0.25) is 5.02 Å². The lowest BCUT2D eigenvalue weighted by Crippen LogP contribution is -2.27. The Morgan fingerprint density at radius 1 is 1.53 bits per heavy atom. The normalized spacial score (nSPS) is 20.4. The molecular weight excluding hydrogens is 210 g/mol. The first-order valence-electron chi connectivity index (χ1n) is 5.19. The average molecular weight is 224 g/mol. The van der Waals surface area contributed by atoms with E-state index in [4.69, 9.17) is 11.6 Å². The number of amides is 1. The molecule has 2 nitrogen and oxygen atoms in total. The number of hydrogen-bond acceptors (Lipinski definition) is 1. The highest BCUT2D eigenvalue weighted by molar-refractivity contribution is 6.30. The highest BCUT2D eigenvalue weighted by Gasteiger charge is 2.21. The fraction of sp³-hybridized carbons (Fsp3) is 0.417. The summed E-state index contributed by atoms with van der Waals surface area (Å²) in [5.41, 5.74) is 2.47. The van der Waals surface area contributed by atoms with Gasteiger partial charge in [-0.05, 0) is 43.0 Å². The fourth-order valence-corrected chi connectivity index (χ4v) is 2.21. The number of carbonyl (C=O) groups excluding carboxylic acids is 1. The van der Waals surface area contributed by atoms with E-state index in [1.165, 1.54) is 11.1 Å². The van der Waals surface area contributed by atoms with Gasteiger partial charge in [-0.1, -0.05) is 17.7 Å². The van der Waals surface area contributed by atoms with Crippen LogP contribution in [-0.2, 0) is 11.2 Å². The molecular formula is C12H14ClNO. The maximum Gasteiger partial charge on any atom is 0.220 e. The Morgan fingerprint density at radius 2 is 2.33 bits per heavy atom. The van der Waals surface area contributed by atoms with E-state index >= 15 is 0 Å². The Balaban J connectivity index is 2.07. The van der Waals surface area contributed by atoms with Gasteiger partial charge in [0.05, 0.1) is 0 Å². The molecule has 1 aliphatic rings. The van der Waals surface area contributed by atoms with Crippen LogP contribution in [-0.4, -0.2) is 11.9 Å². The molecule has 1 atom stereocenters. The molecule has 1 amide bonds. The minimum atomic E-state index is 0.173. The fourth-order valence-electron chi connectivity index (χ4n) is 1.98. The molecule has 0 bridgehead atoms. The molecule has 15 heavy (non-hydrogen) atoms. The van der Waals surface area contributed by atoms with Crippen molar-refractivity contribution in [2.75, 3.05) is 0 Å². The van der Waals surface area contributed by atoms with E-state index in [0.717, 1.165) is 17.9 Å². The minimum absolute atomic E-state index is 0.173. The molecule has 1 saturated heterocycles. The van der Waals surface area contributed by atoms with E-state index in [9.17, 15) is 4.79 Å². The molecule has 0 aromatic heterocycles. The monoisotopic (exact) mass is 223 g/mol. The summed E-state index contributed by atoms with van der Waals surface area (Å²) in [6.45, 7) is 2.05. The van der Waals surface area contributed by atoms with E-state index in [1.54, 1.807) is 0 Å². The van der Waals surface area contributed by atoms with E-state index in [-0.39, 0.29) is 5.91 Å². The van der Waals surface area contributed by atoms with Crippen molar-refractivity contribution in [2.24, 2.45) is 0 Å². The number of carbonyl (C=O) groups is 1. The zero-order chi connectivity index (χ0) is 10.8. The van der Waals surface area contributed by atoms with Crippen molar-refractivity contribution in [1.29, 1.82) is 0 Å². The predicted molar refractivity (Wildman–Crippen MR) is 61.1 cm³/mol. The van der Waals surface area contributed by atoms with Gasteiger partial charge in [-0.3, -0.25) is 4.79 Å². The third-order valence-electron chi connectivity index (χ3n) is 2.86. The number of hydrogen-bond donors (Lipinski definition) is 1. The van der Waals surface area contributed by atoms with Crippen molar-refractivity contribution < 1.29 is 4.79 Å². The molecule has 80 valence electrons. The van der Waals surface area contributed by atoms with Crippen LogP contribution >= 0.6 is 11.6 Å². The maximum atomic E-state index is 11.1. The van der Waals surface area contributed by atoms with Crippen LogP contribution in [0.25, 0.3) is 0 Å². The summed E-state index contributed by atoms with van der Waals surface area (Å²) in [7, 11) is 0. The Kier molecular flexibility index (Phi) is 2.96. The van der Waals surface area contributed by atoms with Gasteiger partial charge in [0.1, 0.15) is 0 Å². The van der Waals surface area contributed by atoms with Gasteiger partial charge in [0.25, 0.3) is 0 Å². The van der Waals surface area contributed by atoms with Crippen molar-refractivity contribution in [3.8, 4) is 0 Å². The maximum absolute atomic E-state index is 11.1. The summed E-state index contributed by atoms with van der Waals surface area (Å²) in [6.07, 6.45) is 2.52. The molecule has 0 radical (unpaired) electrons. The van der Waals surface area contributed by atoms with E-state index in [2.05, 4.69) is 12.2 Å². The Bertz CT molecular complexity index is 389. The predicted octanol–water partition coefficient (Wildman–Crippen LogP) is 2.47. The first-order valence-corrected chi connectivity index (χ1v) is 5.57. The van der Waals surface area contributed by atoms with Gasteiger partial charge in [0.15, 0.2) is 0 Å². The van der Waals surface area contributed by atoms with Crippen LogP contribution in [0.1, 0.15) is 24.0 Å². The first kappa shape index (κ1) is 10.5. The summed E-state index contributed by atoms with van der Waals surface area (Å²) >= 11 is 5.89. The number of benzene rings is 1. The lowest BCUT2D eigenvalue weighted by molar-refractivity contribution is -0.119. The number of aryl methyl sites for hydroxylation is 1. The van der Waals surface area contributed by atoms with Gasteiger partial charge in [-0.2, -0.15) is 0 Å². The highest BCUT2D eigenvalue weighted by Crippen LogP contribution is 2.19. The minimum Gasteiger partial charge on any atom is -0.353 e. The summed E-state index contributed by atoms with van der Waals surface area (Å²) < 4.78 is 0. The summed E-state index contributed by atoms with van der Waals surface area (Å²) in [5, 5.41) is 3.74. The standard InChI is InChI=1S/C12H14ClNO/c1-8-6-10(13)3-2-9(8)7-11-4-5-12(15)14-11/h2-3,6,11H,4-5,7H2,1H3,(H,14,15). The van der Waals surface area contributed by atoms with Crippen LogP contribution in [0.4, 0.5) is 0 Å². The SMILES string of the molecule is Cc1cc(Cl)ccc1CC1CCC(=O)N1. The highest BCUT2D eigenvalue weighted by atomic mass is 35.5. The van der Waals surface area contributed by atoms with Gasteiger partial charge in [-0.15, -0.1) is 0 Å². The van der Waals surface area contributed by atoms with Gasteiger partial charge in [0, 0.05) is 17.5 Å². The number of nitrogens with one attached hydrogen (secondary N) is 1. The average Bonchev–Trinajstić information content (AvgIpc) is 2.56. The quantitative estimate of drug-likeness (QED) is 0.820. The van der Waals surface area contributed by atoms with E-state index in [0.29, 0.717) is 12.5 Å². The van der Waals surface area contributed by atoms with Crippen LogP contribution in [0.3, 0.4) is 0 Å². The summed E-state index contributed by atoms with van der Waals surface area (Å²) in [5.74, 6) is 0.173. The molecule has 1 fully saturated rings. The van der Waals surface area contributed by atoms with E-state index in [1.807, 2.05) is 18.2 Å². The zero-order valence-corrected chi connectivity index (χ0v) is 9.47. The van der Waals surface area contributed by atoms with Crippen LogP contribution in [0.15, 0.2) is 18.2 Å². The van der Waals surface area contributed by atoms with Gasteiger partial charge in [-0.25, -0.2) is 0 Å². The second-order valence-electron chi connectivity index (χ2n) is 4.08. The zero-order valence-electron chi connectivity index (χ0n) is 8.72. The van der Waals surface area contributed by atoms with Crippen LogP contribution in [0.5, 0.6) is 0 Å². The lowest BCUT2D eigenvalue weighted by Gasteiger charge is -2.12. The van der Waals surface area contributed by atoms with Crippen molar-refractivity contribution in [1.82, 2.24) is 5.32 Å². The molecule has 1 aromatic rings. The van der Waals surface area contributed by atoms with Crippen LogP contribution < -0.4 is 5.32 Å². The number of halogens is 1. The first-order chi connectivity index (χ1) is 7.15. The molecule has 0 spiro atoms. The molecule has 1 aromatic carbocycles. The van der Waals surface area contributed by atoms with Crippen molar-refractivity contribution >= 4 is 17.5 Å². The van der Waals surface area contributed by atoms with Crippen LogP contribution in [0, 0.1) is 6.92 Å². The third-order valence-corrected chi connectivity index (χ3v) is 3.09. The van der Waals surface area contributed by atoms with Crippen molar-refractivity contribution in [2.45, 2.75) is 32.2 Å². The lowest BCUT2D eigenvalue weighted by atomic mass is 10.0. The topological polar surface area (TPSA) is 29.1 Å². The second-order valence-corrected chi connectivity index (χ2v) is 4.51. The molecule has 3 heteroatoms. The molecule has 1 aliphatic heterocycles. The molecule has 1 unspecified atom stereocenters.